The maximum Gasteiger partial charge on any atom is 0.326 e. The lowest BCUT2D eigenvalue weighted by atomic mass is 9.80. The number of nitrogens with two attached hydrogens (primary N) is 1. The number of rotatable bonds is 20. The molecule has 2 rings (SSSR count). The van der Waals surface area contributed by atoms with Crippen LogP contribution in [-0.2, 0) is 28.8 Å². The van der Waals surface area contributed by atoms with Gasteiger partial charge in [0.05, 0.1) is 18.7 Å². The molecule has 1 aromatic carbocycles. The van der Waals surface area contributed by atoms with Gasteiger partial charge in [-0.25, -0.2) is 9.59 Å². The minimum atomic E-state index is -1.18. The van der Waals surface area contributed by atoms with Crippen LogP contribution in [0.4, 0.5) is 10.5 Å². The molecule has 0 bridgehead atoms. The maximum atomic E-state index is 13.6. The summed E-state index contributed by atoms with van der Waals surface area (Å²) in [7, 11) is 2.67. The van der Waals surface area contributed by atoms with E-state index >= 15 is 0 Å². The Morgan fingerprint density at radius 2 is 1.67 bits per heavy atom. The smallest absolute Gasteiger partial charge is 0.326 e. The van der Waals surface area contributed by atoms with Crippen LogP contribution in [0.5, 0.6) is 5.75 Å². The van der Waals surface area contributed by atoms with Crippen LogP contribution in [0.3, 0.4) is 0 Å². The van der Waals surface area contributed by atoms with Crippen molar-refractivity contribution in [3.8, 4) is 5.75 Å². The van der Waals surface area contributed by atoms with Gasteiger partial charge < -0.3 is 41.7 Å². The Labute approximate surface area is 316 Å². The van der Waals surface area contributed by atoms with E-state index in [0.717, 1.165) is 4.90 Å². The fourth-order valence-corrected chi connectivity index (χ4v) is 5.85. The molecule has 1 saturated heterocycles. The van der Waals surface area contributed by atoms with Crippen molar-refractivity contribution in [2.45, 2.75) is 105 Å². The molecule has 54 heavy (non-hydrogen) atoms. The van der Waals surface area contributed by atoms with Gasteiger partial charge in [0.1, 0.15) is 23.9 Å². The molecule has 7 N–H and O–H groups in total. The number of methoxy groups -OCH3 is 1. The summed E-state index contributed by atoms with van der Waals surface area (Å²) in [5.41, 5.74) is 5.13. The minimum Gasteiger partial charge on any atom is -0.495 e. The number of hydrogen-bond donors (Lipinski definition) is 6. The number of benzene rings is 1. The molecule has 1 fully saturated rings. The number of carbonyl (C=O) groups is 8. The molecule has 17 nitrogen and oxygen atoms in total. The molecule has 1 unspecified atom stereocenters. The second-order valence-electron chi connectivity index (χ2n) is 14.9. The Kier molecular flexibility index (Phi) is 16.9. The first-order valence-corrected chi connectivity index (χ1v) is 18.2. The van der Waals surface area contributed by atoms with Gasteiger partial charge in [0, 0.05) is 38.5 Å². The van der Waals surface area contributed by atoms with E-state index in [2.05, 4.69) is 21.3 Å². The number of carboxylic acid groups (broad SMARTS) is 1. The Morgan fingerprint density at radius 3 is 2.22 bits per heavy atom. The summed E-state index contributed by atoms with van der Waals surface area (Å²) >= 11 is 0. The number of unbranched alkanes of at least 4 members (excludes halogenated alkanes) is 2. The predicted octanol–water partition coefficient (Wildman–Crippen LogP) is 2.23. The number of likely N-dealkylation sites (N-methyl/N-ethyl adjacent to an activating group) is 1. The van der Waals surface area contributed by atoms with Crippen LogP contribution in [0.2, 0.25) is 0 Å². The van der Waals surface area contributed by atoms with Gasteiger partial charge >= 0.3 is 12.0 Å². The van der Waals surface area contributed by atoms with E-state index in [0.29, 0.717) is 25.8 Å². The molecular weight excluding hydrogens is 702 g/mol. The zero-order valence-corrected chi connectivity index (χ0v) is 32.6. The number of aliphatic carboxylic acids is 1. The summed E-state index contributed by atoms with van der Waals surface area (Å²) in [5.74, 6) is -4.33. The molecule has 1 aliphatic rings. The second kappa shape index (κ2) is 20.3. The molecule has 300 valence electrons. The highest BCUT2D eigenvalue weighted by Gasteiger charge is 2.44. The quantitative estimate of drug-likeness (QED) is 0.0836. The van der Waals surface area contributed by atoms with Gasteiger partial charge in [0.15, 0.2) is 0 Å². The lowest BCUT2D eigenvalue weighted by Gasteiger charge is -2.26. The molecule has 8 amide bonds. The van der Waals surface area contributed by atoms with Gasteiger partial charge in [0.25, 0.3) is 5.91 Å². The summed E-state index contributed by atoms with van der Waals surface area (Å²) < 4.78 is 5.39. The highest BCUT2D eigenvalue weighted by Crippen LogP contribution is 2.35. The number of imide groups is 1. The molecule has 1 aromatic rings. The topological polar surface area (TPSA) is 247 Å². The summed E-state index contributed by atoms with van der Waals surface area (Å²) in [6.45, 7) is 11.1. The van der Waals surface area contributed by atoms with E-state index in [1.165, 1.54) is 44.2 Å². The number of nitrogens with one attached hydrogen (secondary N) is 4. The van der Waals surface area contributed by atoms with Crippen LogP contribution in [0.1, 0.15) is 96.8 Å². The molecule has 1 heterocycles. The number of likely N-dealkylation sites (tertiary alicyclic amines) is 1. The van der Waals surface area contributed by atoms with Gasteiger partial charge in [-0.15, -0.1) is 0 Å². The first-order valence-electron chi connectivity index (χ1n) is 18.2. The van der Waals surface area contributed by atoms with E-state index in [9.17, 15) is 43.5 Å². The predicted molar refractivity (Wildman–Crippen MR) is 199 cm³/mol. The molecule has 0 spiro atoms. The SMILES string of the molecule is COc1cc(C(=O)N(C)[C@@H](C)C(=O)O)ccc1NC(=O)[C@H](CCCNC(N)=O)NC(=O)[C@@H](NC(=O)CCCCCN1C(=O)CC(C(C)(C)C)C1=O)C(C)C. The average molecular weight is 760 g/mol. The van der Waals surface area contributed by atoms with Crippen molar-refractivity contribution in [3.63, 3.8) is 0 Å². The van der Waals surface area contributed by atoms with Gasteiger partial charge in [-0.1, -0.05) is 41.0 Å². The van der Waals surface area contributed by atoms with Crippen molar-refractivity contribution in [3.05, 3.63) is 23.8 Å². The highest BCUT2D eigenvalue weighted by atomic mass is 16.5. The lowest BCUT2D eigenvalue weighted by Crippen LogP contribution is -2.54. The first-order chi connectivity index (χ1) is 25.2. The van der Waals surface area contributed by atoms with E-state index in [1.807, 2.05) is 20.8 Å². The molecular formula is C37H57N7O10. The summed E-state index contributed by atoms with van der Waals surface area (Å²) in [6.07, 6.45) is 2.24. The number of carboxylic acids is 1. The Bertz CT molecular complexity index is 1560. The number of primary amides is 1. The third-order valence-electron chi connectivity index (χ3n) is 9.41. The van der Waals surface area contributed by atoms with E-state index in [-0.39, 0.29) is 84.2 Å². The van der Waals surface area contributed by atoms with Gasteiger partial charge in [-0.2, -0.15) is 0 Å². The number of ether oxygens (including phenoxy) is 1. The largest absolute Gasteiger partial charge is 0.495 e. The molecule has 17 heteroatoms. The van der Waals surface area contributed by atoms with Crippen LogP contribution in [0.25, 0.3) is 0 Å². The fourth-order valence-electron chi connectivity index (χ4n) is 5.85. The average Bonchev–Trinajstić information content (AvgIpc) is 3.39. The van der Waals surface area contributed by atoms with Crippen LogP contribution < -0.4 is 31.7 Å². The fraction of sp³-hybridized carbons (Fsp3) is 0.622. The molecule has 0 aliphatic carbocycles. The number of hydrogen-bond acceptors (Lipinski definition) is 9. The Morgan fingerprint density at radius 1 is 1.00 bits per heavy atom. The summed E-state index contributed by atoms with van der Waals surface area (Å²) in [6, 6.07) is 0.196. The highest BCUT2D eigenvalue weighted by molar-refractivity contribution is 6.04. The molecule has 0 radical (unpaired) electrons. The molecule has 0 aromatic heterocycles. The van der Waals surface area contributed by atoms with Crippen molar-refractivity contribution >= 4 is 53.1 Å². The summed E-state index contributed by atoms with van der Waals surface area (Å²) in [5, 5.41) is 19.9. The van der Waals surface area contributed by atoms with Crippen molar-refractivity contribution < 1.29 is 48.2 Å². The molecule has 4 atom stereocenters. The Balaban J connectivity index is 2.07. The number of anilines is 1. The van der Waals surface area contributed by atoms with Crippen molar-refractivity contribution in [2.24, 2.45) is 23.0 Å². The van der Waals surface area contributed by atoms with Gasteiger partial charge in [-0.05, 0) is 62.1 Å². The zero-order valence-electron chi connectivity index (χ0n) is 32.6. The third-order valence-corrected chi connectivity index (χ3v) is 9.41. The second-order valence-corrected chi connectivity index (χ2v) is 14.9. The number of nitrogens with zero attached hydrogens (tertiary/aromatic N) is 2. The first kappa shape index (κ1) is 44.9. The lowest BCUT2D eigenvalue weighted by molar-refractivity contribution is -0.142. The number of carbonyl (C=O) groups excluding carboxylic acids is 7. The van der Waals surface area contributed by atoms with E-state index in [4.69, 9.17) is 10.5 Å². The van der Waals surface area contributed by atoms with Crippen LogP contribution in [0.15, 0.2) is 18.2 Å². The Hall–Kier alpha value is -5.22. The van der Waals surface area contributed by atoms with Crippen LogP contribution >= 0.6 is 0 Å². The van der Waals surface area contributed by atoms with E-state index in [1.54, 1.807) is 13.8 Å². The van der Waals surface area contributed by atoms with Crippen molar-refractivity contribution in [1.29, 1.82) is 0 Å². The number of amides is 8. The monoisotopic (exact) mass is 759 g/mol. The minimum absolute atomic E-state index is 0.0753. The molecule has 1 aliphatic heterocycles. The zero-order chi connectivity index (χ0) is 40.9. The molecule has 0 saturated carbocycles. The normalized spacial score (nSPS) is 15.9. The van der Waals surface area contributed by atoms with E-state index < -0.39 is 47.8 Å². The number of urea groups is 1. The third kappa shape index (κ3) is 13.0. The van der Waals surface area contributed by atoms with Gasteiger partial charge in [-0.3, -0.25) is 33.7 Å². The van der Waals surface area contributed by atoms with Crippen molar-refractivity contribution in [2.75, 3.05) is 32.6 Å². The van der Waals surface area contributed by atoms with Crippen molar-refractivity contribution in [1.82, 2.24) is 25.8 Å². The summed E-state index contributed by atoms with van der Waals surface area (Å²) in [4.78, 5) is 103. The van der Waals surface area contributed by atoms with Crippen LogP contribution in [0, 0.1) is 17.3 Å². The maximum absolute atomic E-state index is 13.6. The van der Waals surface area contributed by atoms with Crippen LogP contribution in [-0.4, -0.2) is 108 Å². The van der Waals surface area contributed by atoms with Gasteiger partial charge in [0.2, 0.25) is 29.5 Å². The standard InChI is InChI=1S/C37H57N7O10/c1-21(2)30(42-28(45)14-10-9-11-18-44-29(46)20-24(34(44)50)37(4,5)6)32(48)41-26(13-12-17-39-36(38)53)31(47)40-25-16-15-23(19-27(25)54-8)33(49)43(7)22(3)35(51)52/h15-16,19,21-22,24,26,30H,9-14,17-18,20H2,1-8H3,(H,40,47)(H,41,48)(H,42,45)(H,51,52)(H3,38,39,53)/t22-,24?,26-,30-/m0/s1.